The fourth-order valence-corrected chi connectivity index (χ4v) is 1.19. The standard InChI is InChI=1S/C9H10N2.C5H12/c1-6-3-8-9(4-7(6)2)11-5-10-8;1-4-5(2)3/h3-5H,1-2H3,(H,10,11);5H,4H2,1-3H3. The summed E-state index contributed by atoms with van der Waals surface area (Å²) < 4.78 is 0. The molecular formula is C14H22N2. The third-order valence-corrected chi connectivity index (χ3v) is 2.85. The number of hydrogen-bond acceptors (Lipinski definition) is 1. The van der Waals surface area contributed by atoms with Crippen LogP contribution in [-0.4, -0.2) is 9.97 Å². The lowest BCUT2D eigenvalue weighted by Gasteiger charge is -1.97. The Hall–Kier alpha value is -1.31. The van der Waals surface area contributed by atoms with E-state index in [4.69, 9.17) is 0 Å². The maximum Gasteiger partial charge on any atom is 0.0931 e. The van der Waals surface area contributed by atoms with E-state index in [0.29, 0.717) is 0 Å². The van der Waals surface area contributed by atoms with Crippen molar-refractivity contribution in [2.24, 2.45) is 5.92 Å². The Labute approximate surface area is 98.1 Å². The van der Waals surface area contributed by atoms with E-state index in [0.717, 1.165) is 17.0 Å². The van der Waals surface area contributed by atoms with Crippen LogP contribution in [0.3, 0.4) is 0 Å². The molecule has 0 unspecified atom stereocenters. The summed E-state index contributed by atoms with van der Waals surface area (Å²) in [5.74, 6) is 0.884. The van der Waals surface area contributed by atoms with E-state index in [1.165, 1.54) is 17.5 Å². The molecule has 2 heteroatoms. The Morgan fingerprint density at radius 2 is 1.75 bits per heavy atom. The molecule has 88 valence electrons. The Bertz CT molecular complexity index is 405. The van der Waals surface area contributed by atoms with Crippen molar-refractivity contribution < 1.29 is 0 Å². The molecule has 0 atom stereocenters. The number of aromatic amines is 1. The van der Waals surface area contributed by atoms with E-state index in [1.54, 1.807) is 6.33 Å². The minimum Gasteiger partial charge on any atom is -0.345 e. The molecule has 0 spiro atoms. The van der Waals surface area contributed by atoms with Gasteiger partial charge >= 0.3 is 0 Å². The molecule has 1 heterocycles. The molecule has 0 amide bonds. The van der Waals surface area contributed by atoms with E-state index >= 15 is 0 Å². The van der Waals surface area contributed by atoms with Gasteiger partial charge in [0.15, 0.2) is 0 Å². The fourth-order valence-electron chi connectivity index (χ4n) is 1.19. The molecule has 0 aliphatic carbocycles. The van der Waals surface area contributed by atoms with Gasteiger partial charge in [0.2, 0.25) is 0 Å². The summed E-state index contributed by atoms with van der Waals surface area (Å²) in [5.41, 5.74) is 4.77. The zero-order valence-corrected chi connectivity index (χ0v) is 11.0. The van der Waals surface area contributed by atoms with Crippen LogP contribution in [0.5, 0.6) is 0 Å². The third kappa shape index (κ3) is 3.37. The highest BCUT2D eigenvalue weighted by Crippen LogP contribution is 2.14. The normalized spacial score (nSPS) is 10.4. The average Bonchev–Trinajstić information content (AvgIpc) is 2.66. The van der Waals surface area contributed by atoms with E-state index in [-0.39, 0.29) is 0 Å². The first-order valence-electron chi connectivity index (χ1n) is 5.95. The molecule has 0 saturated heterocycles. The van der Waals surface area contributed by atoms with Crippen molar-refractivity contribution in [1.29, 1.82) is 0 Å². The second-order valence-corrected chi connectivity index (χ2v) is 4.66. The Morgan fingerprint density at radius 3 is 2.31 bits per heavy atom. The summed E-state index contributed by atoms with van der Waals surface area (Å²) in [6, 6.07) is 4.22. The van der Waals surface area contributed by atoms with Crippen LogP contribution in [-0.2, 0) is 0 Å². The number of fused-ring (bicyclic) bond motifs is 1. The number of nitrogens with zero attached hydrogens (tertiary/aromatic N) is 1. The monoisotopic (exact) mass is 218 g/mol. The maximum atomic E-state index is 4.17. The summed E-state index contributed by atoms with van der Waals surface area (Å²) in [5, 5.41) is 0. The quantitative estimate of drug-likeness (QED) is 0.762. The predicted octanol–water partition coefficient (Wildman–Crippen LogP) is 4.23. The van der Waals surface area contributed by atoms with Crippen molar-refractivity contribution in [3.05, 3.63) is 29.6 Å². The van der Waals surface area contributed by atoms with Crippen molar-refractivity contribution in [1.82, 2.24) is 9.97 Å². The van der Waals surface area contributed by atoms with Gasteiger partial charge in [0, 0.05) is 0 Å². The number of hydrogen-bond donors (Lipinski definition) is 1. The molecule has 0 bridgehead atoms. The molecule has 1 N–H and O–H groups in total. The smallest absolute Gasteiger partial charge is 0.0931 e. The highest BCUT2D eigenvalue weighted by Gasteiger charge is 1.97. The van der Waals surface area contributed by atoms with E-state index < -0.39 is 0 Å². The molecule has 1 aromatic carbocycles. The Kier molecular flexibility index (Phi) is 4.53. The first kappa shape index (κ1) is 12.8. The minimum absolute atomic E-state index is 0.884. The molecule has 1 aromatic heterocycles. The number of aryl methyl sites for hydroxylation is 2. The average molecular weight is 218 g/mol. The number of nitrogens with one attached hydrogen (secondary N) is 1. The van der Waals surface area contributed by atoms with Crippen LogP contribution >= 0.6 is 0 Å². The van der Waals surface area contributed by atoms with Gasteiger partial charge in [0.05, 0.1) is 17.4 Å². The molecule has 0 fully saturated rings. The van der Waals surface area contributed by atoms with Crippen molar-refractivity contribution >= 4 is 11.0 Å². The Morgan fingerprint density at radius 1 is 1.19 bits per heavy atom. The van der Waals surface area contributed by atoms with Gasteiger partial charge < -0.3 is 4.98 Å². The molecular weight excluding hydrogens is 196 g/mol. The van der Waals surface area contributed by atoms with Crippen LogP contribution in [0.25, 0.3) is 11.0 Å². The van der Waals surface area contributed by atoms with Gasteiger partial charge in [-0.05, 0) is 43.0 Å². The second-order valence-electron chi connectivity index (χ2n) is 4.66. The third-order valence-electron chi connectivity index (χ3n) is 2.85. The van der Waals surface area contributed by atoms with Gasteiger partial charge in [0.25, 0.3) is 0 Å². The molecule has 0 aliphatic heterocycles. The first-order chi connectivity index (χ1) is 7.54. The van der Waals surface area contributed by atoms with Gasteiger partial charge in [-0.3, -0.25) is 0 Å². The summed E-state index contributed by atoms with van der Waals surface area (Å²) >= 11 is 0. The summed E-state index contributed by atoms with van der Waals surface area (Å²) in [6.45, 7) is 10.9. The molecule has 16 heavy (non-hydrogen) atoms. The SMILES string of the molecule is CCC(C)C.Cc1cc2nc[nH]c2cc1C. The summed E-state index contributed by atoms with van der Waals surface area (Å²) in [4.78, 5) is 7.24. The van der Waals surface area contributed by atoms with Gasteiger partial charge in [-0.2, -0.15) is 0 Å². The molecule has 0 radical (unpaired) electrons. The zero-order chi connectivity index (χ0) is 12.1. The van der Waals surface area contributed by atoms with Gasteiger partial charge in [-0.25, -0.2) is 4.98 Å². The first-order valence-corrected chi connectivity index (χ1v) is 5.95. The van der Waals surface area contributed by atoms with Crippen LogP contribution in [0.2, 0.25) is 0 Å². The minimum atomic E-state index is 0.884. The molecule has 0 saturated carbocycles. The van der Waals surface area contributed by atoms with Crippen molar-refractivity contribution in [2.45, 2.75) is 41.0 Å². The van der Waals surface area contributed by atoms with Crippen molar-refractivity contribution in [3.8, 4) is 0 Å². The predicted molar refractivity (Wildman–Crippen MR) is 70.7 cm³/mol. The fraction of sp³-hybridized carbons (Fsp3) is 0.500. The molecule has 2 nitrogen and oxygen atoms in total. The van der Waals surface area contributed by atoms with Gasteiger partial charge in [0.1, 0.15) is 0 Å². The van der Waals surface area contributed by atoms with Crippen LogP contribution in [0, 0.1) is 19.8 Å². The van der Waals surface area contributed by atoms with E-state index in [2.05, 4.69) is 56.7 Å². The van der Waals surface area contributed by atoms with E-state index in [1.807, 2.05) is 0 Å². The summed E-state index contributed by atoms with van der Waals surface area (Å²) in [7, 11) is 0. The van der Waals surface area contributed by atoms with Gasteiger partial charge in [-0.15, -0.1) is 0 Å². The van der Waals surface area contributed by atoms with Crippen molar-refractivity contribution in [2.75, 3.05) is 0 Å². The molecule has 2 aromatic rings. The highest BCUT2D eigenvalue weighted by atomic mass is 14.9. The lowest BCUT2D eigenvalue weighted by Crippen LogP contribution is -1.79. The topological polar surface area (TPSA) is 28.7 Å². The number of rotatable bonds is 1. The lowest BCUT2D eigenvalue weighted by molar-refractivity contribution is 0.626. The van der Waals surface area contributed by atoms with E-state index in [9.17, 15) is 0 Å². The Balaban J connectivity index is 0.000000221. The number of H-pyrrole nitrogens is 1. The number of benzene rings is 1. The molecule has 0 aliphatic rings. The van der Waals surface area contributed by atoms with Crippen molar-refractivity contribution in [3.63, 3.8) is 0 Å². The van der Waals surface area contributed by atoms with Gasteiger partial charge in [-0.1, -0.05) is 27.2 Å². The van der Waals surface area contributed by atoms with Crippen LogP contribution in [0.15, 0.2) is 18.5 Å². The lowest BCUT2D eigenvalue weighted by atomic mass is 10.1. The second kappa shape index (κ2) is 5.69. The van der Waals surface area contributed by atoms with Crippen LogP contribution < -0.4 is 0 Å². The van der Waals surface area contributed by atoms with Crippen LogP contribution in [0.1, 0.15) is 38.3 Å². The number of aromatic nitrogens is 2. The largest absolute Gasteiger partial charge is 0.345 e. The number of imidazole rings is 1. The van der Waals surface area contributed by atoms with Crippen LogP contribution in [0.4, 0.5) is 0 Å². The maximum absolute atomic E-state index is 4.17. The zero-order valence-electron chi connectivity index (χ0n) is 11.0. The molecule has 2 rings (SSSR count). The summed E-state index contributed by atoms with van der Waals surface area (Å²) in [6.07, 6.45) is 3.03. The highest BCUT2D eigenvalue weighted by molar-refractivity contribution is 5.76.